The van der Waals surface area contributed by atoms with E-state index in [4.69, 9.17) is 9.47 Å². The molecule has 2 heterocycles. The molecule has 9 nitrogen and oxygen atoms in total. The first-order chi connectivity index (χ1) is 16.4. The molecule has 1 unspecified atom stereocenters. The minimum Gasteiger partial charge on any atom is -0.496 e. The molecular formula is C25H32N4O5. The van der Waals surface area contributed by atoms with E-state index in [0.717, 1.165) is 37.1 Å². The summed E-state index contributed by atoms with van der Waals surface area (Å²) in [6, 6.07) is 7.10. The van der Waals surface area contributed by atoms with E-state index in [1.807, 2.05) is 0 Å². The Morgan fingerprint density at radius 1 is 1.21 bits per heavy atom. The van der Waals surface area contributed by atoms with E-state index < -0.39 is 11.3 Å². The first-order valence-corrected chi connectivity index (χ1v) is 11.7. The van der Waals surface area contributed by atoms with Crippen LogP contribution >= 0.6 is 0 Å². The van der Waals surface area contributed by atoms with E-state index in [1.165, 1.54) is 24.7 Å². The summed E-state index contributed by atoms with van der Waals surface area (Å²) in [7, 11) is 4.75. The van der Waals surface area contributed by atoms with E-state index in [9.17, 15) is 14.4 Å². The number of aryl methyl sites for hydroxylation is 1. The predicted molar refractivity (Wildman–Crippen MR) is 124 cm³/mol. The molecule has 0 saturated carbocycles. The van der Waals surface area contributed by atoms with Gasteiger partial charge in [0.05, 0.1) is 37.9 Å². The molecule has 1 N–H and O–H groups in total. The molecule has 0 bridgehead atoms. The van der Waals surface area contributed by atoms with Crippen LogP contribution in [0.25, 0.3) is 0 Å². The van der Waals surface area contributed by atoms with E-state index in [0.29, 0.717) is 17.9 Å². The van der Waals surface area contributed by atoms with Crippen LogP contribution in [0.4, 0.5) is 0 Å². The van der Waals surface area contributed by atoms with Gasteiger partial charge >= 0.3 is 0 Å². The topological polar surface area (TPSA) is 105 Å². The highest BCUT2D eigenvalue weighted by Crippen LogP contribution is 2.44. The zero-order valence-corrected chi connectivity index (χ0v) is 20.1. The monoisotopic (exact) mass is 468 g/mol. The summed E-state index contributed by atoms with van der Waals surface area (Å²) in [6.07, 6.45) is 3.96. The number of nitrogens with zero attached hydrogens (tertiary/aromatic N) is 3. The van der Waals surface area contributed by atoms with Crippen LogP contribution in [-0.2, 0) is 43.9 Å². The van der Waals surface area contributed by atoms with Crippen molar-refractivity contribution < 1.29 is 23.9 Å². The summed E-state index contributed by atoms with van der Waals surface area (Å²) in [5.74, 6) is -0.454. The highest BCUT2D eigenvalue weighted by Gasteiger charge is 2.55. The molecule has 0 spiro atoms. The molecule has 2 aromatic rings. The lowest BCUT2D eigenvalue weighted by Gasteiger charge is -2.30. The van der Waals surface area contributed by atoms with E-state index in [1.54, 1.807) is 36.2 Å². The van der Waals surface area contributed by atoms with Gasteiger partial charge in [0, 0.05) is 38.3 Å². The van der Waals surface area contributed by atoms with Crippen LogP contribution in [0.2, 0.25) is 0 Å². The largest absolute Gasteiger partial charge is 0.496 e. The maximum Gasteiger partial charge on any atom is 0.241 e. The first kappa shape index (κ1) is 23.9. The highest BCUT2D eigenvalue weighted by atomic mass is 16.5. The van der Waals surface area contributed by atoms with E-state index in [2.05, 4.69) is 10.2 Å². The number of hydrogen-bond acceptors (Lipinski definition) is 6. The van der Waals surface area contributed by atoms with E-state index >= 15 is 0 Å². The smallest absolute Gasteiger partial charge is 0.241 e. The zero-order valence-electron chi connectivity index (χ0n) is 20.1. The second-order valence-corrected chi connectivity index (χ2v) is 9.06. The lowest BCUT2D eigenvalue weighted by atomic mass is 9.75. The van der Waals surface area contributed by atoms with Crippen molar-refractivity contribution in [2.45, 2.75) is 50.5 Å². The summed E-state index contributed by atoms with van der Waals surface area (Å²) in [4.78, 5) is 42.9. The number of aromatic amines is 1. The van der Waals surface area contributed by atoms with Gasteiger partial charge in [0.1, 0.15) is 5.75 Å². The summed E-state index contributed by atoms with van der Waals surface area (Å²) in [6.45, 7) is 0.730. The fraction of sp³-hybridized carbons (Fsp3) is 0.520. The van der Waals surface area contributed by atoms with E-state index in [-0.39, 0.29) is 37.8 Å². The molecule has 1 aliphatic heterocycles. The summed E-state index contributed by atoms with van der Waals surface area (Å²) in [5, 5.41) is 7.55. The van der Waals surface area contributed by atoms with Crippen LogP contribution in [-0.4, -0.2) is 72.1 Å². The van der Waals surface area contributed by atoms with Crippen molar-refractivity contribution >= 4 is 17.7 Å². The van der Waals surface area contributed by atoms with Crippen LogP contribution < -0.4 is 4.74 Å². The van der Waals surface area contributed by atoms with Gasteiger partial charge < -0.3 is 14.4 Å². The molecule has 9 heteroatoms. The molecule has 1 saturated heterocycles. The molecule has 3 amide bonds. The second kappa shape index (κ2) is 9.97. The number of ether oxygens (including phenoxy) is 2. The van der Waals surface area contributed by atoms with Crippen LogP contribution in [0.15, 0.2) is 24.3 Å². The fourth-order valence-corrected chi connectivity index (χ4v) is 5.08. The number of imide groups is 1. The number of carbonyl (C=O) groups is 3. The van der Waals surface area contributed by atoms with Gasteiger partial charge in [0.25, 0.3) is 0 Å². The van der Waals surface area contributed by atoms with Crippen molar-refractivity contribution in [2.24, 2.45) is 0 Å². The summed E-state index contributed by atoms with van der Waals surface area (Å²) in [5.41, 5.74) is 2.44. The Morgan fingerprint density at radius 2 is 1.97 bits per heavy atom. The van der Waals surface area contributed by atoms with Gasteiger partial charge in [-0.3, -0.25) is 24.4 Å². The summed E-state index contributed by atoms with van der Waals surface area (Å²) < 4.78 is 10.6. The van der Waals surface area contributed by atoms with Crippen molar-refractivity contribution in [3.63, 3.8) is 0 Å². The number of likely N-dealkylation sites (tertiary alicyclic amines) is 1. The lowest BCUT2D eigenvalue weighted by molar-refractivity contribution is -0.143. The molecule has 0 radical (unpaired) electrons. The Bertz CT molecular complexity index is 1080. The number of H-pyrrole nitrogens is 1. The van der Waals surface area contributed by atoms with Crippen molar-refractivity contribution in [3.05, 3.63) is 46.8 Å². The van der Waals surface area contributed by atoms with Crippen LogP contribution in [0.1, 0.15) is 48.2 Å². The number of para-hydroxylation sites is 1. The third kappa shape index (κ3) is 4.32. The fourth-order valence-electron chi connectivity index (χ4n) is 5.08. The molecule has 1 atom stereocenters. The number of carbonyl (C=O) groups excluding carboxylic acids is 3. The minimum atomic E-state index is -1.33. The molecule has 34 heavy (non-hydrogen) atoms. The molecular weight excluding hydrogens is 436 g/mol. The molecule has 4 rings (SSSR count). The molecule has 182 valence electrons. The average Bonchev–Trinajstić information content (AvgIpc) is 3.36. The van der Waals surface area contributed by atoms with Gasteiger partial charge in [0.15, 0.2) is 0 Å². The Morgan fingerprint density at radius 3 is 2.74 bits per heavy atom. The van der Waals surface area contributed by atoms with Gasteiger partial charge in [-0.05, 0) is 37.3 Å². The highest BCUT2D eigenvalue weighted by molar-refractivity contribution is 6.11. The Labute approximate surface area is 199 Å². The lowest BCUT2D eigenvalue weighted by Crippen LogP contribution is -2.43. The van der Waals surface area contributed by atoms with Crippen LogP contribution in [0.5, 0.6) is 5.75 Å². The van der Waals surface area contributed by atoms with Gasteiger partial charge in [-0.1, -0.05) is 18.2 Å². The normalized spacial score (nSPS) is 19.9. The van der Waals surface area contributed by atoms with Crippen molar-refractivity contribution in [3.8, 4) is 5.75 Å². The van der Waals surface area contributed by atoms with Crippen molar-refractivity contribution in [2.75, 3.05) is 34.4 Å². The number of fused-ring (bicyclic) bond motifs is 1. The van der Waals surface area contributed by atoms with Gasteiger partial charge in [-0.15, -0.1) is 0 Å². The number of hydrogen-bond donors (Lipinski definition) is 1. The molecule has 1 aromatic heterocycles. The average molecular weight is 469 g/mol. The second-order valence-electron chi connectivity index (χ2n) is 9.06. The predicted octanol–water partition coefficient (Wildman–Crippen LogP) is 1.99. The number of amides is 3. The maximum absolute atomic E-state index is 13.7. The number of aromatic nitrogens is 2. The molecule has 2 aliphatic rings. The third-order valence-corrected chi connectivity index (χ3v) is 6.96. The van der Waals surface area contributed by atoms with Gasteiger partial charge in [-0.2, -0.15) is 5.10 Å². The van der Waals surface area contributed by atoms with Crippen LogP contribution in [0.3, 0.4) is 0 Å². The third-order valence-electron chi connectivity index (χ3n) is 6.96. The molecule has 1 aliphatic carbocycles. The van der Waals surface area contributed by atoms with Crippen molar-refractivity contribution in [1.29, 1.82) is 0 Å². The number of nitrogens with one attached hydrogen (secondary N) is 1. The SMILES string of the molecule is COCCN1C(=O)CC(CC(=O)N(C)Cc2n[nH]c3c2CCCC3)(c2ccccc2OC)C1=O. The summed E-state index contributed by atoms with van der Waals surface area (Å²) >= 11 is 0. The maximum atomic E-state index is 13.7. The molecule has 1 aromatic carbocycles. The minimum absolute atomic E-state index is 0.0900. The zero-order chi connectivity index (χ0) is 24.3. The standard InChI is InChI=1S/C25H32N4O5/c1-28(16-20-17-8-4-6-10-19(17)26-27-20)22(30)14-25(18-9-5-7-11-21(18)34-3)15-23(31)29(24(25)32)12-13-33-2/h5,7,9,11H,4,6,8,10,12-16H2,1-3H3,(H,26,27). The first-order valence-electron chi connectivity index (χ1n) is 11.7. The molecule has 1 fully saturated rings. The van der Waals surface area contributed by atoms with Gasteiger partial charge in [-0.25, -0.2) is 0 Å². The number of rotatable bonds is 9. The Kier molecular flexibility index (Phi) is 7.02. The quantitative estimate of drug-likeness (QED) is 0.565. The van der Waals surface area contributed by atoms with Crippen molar-refractivity contribution in [1.82, 2.24) is 20.0 Å². The Hall–Kier alpha value is -3.20. The van der Waals surface area contributed by atoms with Crippen LogP contribution in [0, 0.1) is 0 Å². The van der Waals surface area contributed by atoms with Gasteiger partial charge in [0.2, 0.25) is 17.7 Å². The Balaban J connectivity index is 1.62. The number of benzene rings is 1. The number of methoxy groups -OCH3 is 2.